The van der Waals surface area contributed by atoms with E-state index in [-0.39, 0.29) is 17.8 Å². The van der Waals surface area contributed by atoms with Gasteiger partial charge in [-0.15, -0.1) is 5.10 Å². The van der Waals surface area contributed by atoms with Crippen molar-refractivity contribution in [1.82, 2.24) is 45.5 Å². The van der Waals surface area contributed by atoms with Gasteiger partial charge in [-0.3, -0.25) is 24.6 Å². The molecule has 0 aliphatic rings. The fourth-order valence-electron chi connectivity index (χ4n) is 8.16. The molecule has 3 heterocycles. The van der Waals surface area contributed by atoms with Crippen molar-refractivity contribution < 1.29 is 41.8 Å². The van der Waals surface area contributed by atoms with Crippen molar-refractivity contribution >= 4 is 76.0 Å². The van der Waals surface area contributed by atoms with Crippen molar-refractivity contribution in [3.63, 3.8) is 0 Å². The van der Waals surface area contributed by atoms with Crippen LogP contribution in [0.3, 0.4) is 0 Å². The number of thioether (sulfide) groups is 3. The second-order valence-electron chi connectivity index (χ2n) is 19.3. The van der Waals surface area contributed by atoms with E-state index in [4.69, 9.17) is 19.9 Å². The second-order valence-corrected chi connectivity index (χ2v) is 22.2. The summed E-state index contributed by atoms with van der Waals surface area (Å²) in [6.07, 6.45) is 2.52. The standard InChI is InChI=1S/C24H31N5O3S.C23H20N4O2S.C17H13F3N4OS/c1-3-5-12-31-20-11-10-19(15-21(20)32-13-6-4-2)26-22(30)18-9-7-8-17(14-18)16-33-24-27-23(25)28-29-24;1-29-21-13-19(10-11-20(21)17-7-3-2-4-8-17)26-22(28)18-9-5-6-16(12-18)14-30-23-24-15-25-27-23;18-17(19,20)13-4-6-14(7-5-13)23-15(25)12-3-1-2-11(8-12)9-26-16-21-10-22-24-16/h7-11,14-15H,3-6,12-13,16H2,1-2H3,(H,26,30)(H3,25,27,28,29);2-13,15H,14H2,1H3,(H,26,28)(H,24,25,27);1-8,10H,9H2,(H,23,25)(H,21,22,24). The summed E-state index contributed by atoms with van der Waals surface area (Å²) in [6, 6.07) is 47.5. The van der Waals surface area contributed by atoms with Crippen molar-refractivity contribution in [1.29, 1.82) is 0 Å². The summed E-state index contributed by atoms with van der Waals surface area (Å²) >= 11 is 4.42. The van der Waals surface area contributed by atoms with Crippen LogP contribution in [0.1, 0.15) is 92.9 Å². The fraction of sp³-hybridized carbons (Fsp3) is 0.203. The van der Waals surface area contributed by atoms with Gasteiger partial charge in [-0.25, -0.2) is 15.1 Å². The van der Waals surface area contributed by atoms with E-state index in [2.05, 4.69) is 75.3 Å². The van der Waals surface area contributed by atoms with E-state index in [0.29, 0.717) is 91.8 Å². The van der Waals surface area contributed by atoms with E-state index in [1.807, 2.05) is 109 Å². The topological polar surface area (TPSA) is 266 Å². The van der Waals surface area contributed by atoms with Crippen LogP contribution in [0.25, 0.3) is 11.1 Å². The molecule has 0 aliphatic carbocycles. The second kappa shape index (κ2) is 33.5. The van der Waals surface area contributed by atoms with Gasteiger partial charge in [0, 0.05) is 68.7 Å². The van der Waals surface area contributed by atoms with Gasteiger partial charge in [0.1, 0.15) is 18.4 Å². The molecule has 8 N–H and O–H groups in total. The number of nitrogen functional groups attached to an aromatic ring is 1. The van der Waals surface area contributed by atoms with E-state index in [9.17, 15) is 27.6 Å². The Hall–Kier alpha value is -9.59. The number of hydrogen-bond acceptors (Lipinski definition) is 16. The Morgan fingerprint density at radius 3 is 1.49 bits per heavy atom. The maximum Gasteiger partial charge on any atom is 0.416 e. The molecule has 0 radical (unpaired) electrons. The molecule has 25 heteroatoms. The molecule has 0 saturated carbocycles. The van der Waals surface area contributed by atoms with E-state index >= 15 is 0 Å². The van der Waals surface area contributed by atoms with E-state index in [1.165, 1.54) is 60.1 Å². The predicted octanol–water partition coefficient (Wildman–Crippen LogP) is 14.7. The lowest BCUT2D eigenvalue weighted by atomic mass is 10.0. The number of carbonyl (C=O) groups is 3. The van der Waals surface area contributed by atoms with E-state index in [1.54, 1.807) is 37.4 Å². The van der Waals surface area contributed by atoms with Crippen LogP contribution in [0.5, 0.6) is 17.2 Å². The SMILES string of the molecule is CCCCOc1ccc(NC(=O)c2cccc(CSc3n[nH]c(N)n3)c2)cc1OCCCC.COc1cc(NC(=O)c2cccc(CSc3ncn[nH]3)c2)ccc1-c1ccccc1.O=C(Nc1ccc(C(F)(F)F)cc1)c1cccc(CSc2ncn[nH]2)c1. The van der Waals surface area contributed by atoms with E-state index in [0.717, 1.165) is 70.8 Å². The van der Waals surface area contributed by atoms with Gasteiger partial charge in [-0.2, -0.15) is 28.4 Å². The monoisotopic (exact) mass is 1260 g/mol. The minimum atomic E-state index is -4.40. The maximum absolute atomic E-state index is 12.9. The Kier molecular flexibility index (Phi) is 24.6. The number of methoxy groups -OCH3 is 1. The van der Waals surface area contributed by atoms with E-state index < -0.39 is 17.6 Å². The number of unbranched alkanes of at least 4 members (excludes halogenated alkanes) is 2. The number of hydrogen-bond donors (Lipinski definition) is 7. The molecular weight excluding hydrogens is 1200 g/mol. The van der Waals surface area contributed by atoms with Crippen LogP contribution in [0.4, 0.5) is 36.2 Å². The zero-order chi connectivity index (χ0) is 62.8. The van der Waals surface area contributed by atoms with Gasteiger partial charge < -0.3 is 35.9 Å². The fourth-order valence-corrected chi connectivity index (χ4v) is 10.3. The summed E-state index contributed by atoms with van der Waals surface area (Å²) in [6.45, 7) is 5.48. The van der Waals surface area contributed by atoms with Gasteiger partial charge in [-0.05, 0) is 120 Å². The quantitative estimate of drug-likeness (QED) is 0.0207. The average molecular weight is 1260 g/mol. The lowest BCUT2D eigenvalue weighted by Crippen LogP contribution is -2.12. The lowest BCUT2D eigenvalue weighted by Gasteiger charge is -2.15. The smallest absolute Gasteiger partial charge is 0.416 e. The first kappa shape index (κ1) is 65.4. The number of amides is 3. The number of nitrogens with zero attached hydrogens (tertiary/aromatic N) is 6. The number of H-pyrrole nitrogens is 3. The number of ether oxygens (including phenoxy) is 3. The Balaban J connectivity index is 0.000000174. The minimum absolute atomic E-state index is 0.170. The Morgan fingerprint density at radius 1 is 0.539 bits per heavy atom. The maximum atomic E-state index is 12.9. The van der Waals surface area contributed by atoms with Crippen LogP contribution in [0.2, 0.25) is 0 Å². The molecule has 3 amide bonds. The first-order valence-corrected chi connectivity index (χ1v) is 31.0. The van der Waals surface area contributed by atoms with Crippen molar-refractivity contribution in [2.45, 2.75) is 78.4 Å². The van der Waals surface area contributed by atoms with Gasteiger partial charge in [0.05, 0.1) is 25.9 Å². The number of benzene rings is 7. The molecule has 0 atom stereocenters. The highest BCUT2D eigenvalue weighted by molar-refractivity contribution is 7.98. The number of nitrogens with two attached hydrogens (primary N) is 1. The first-order valence-electron chi connectivity index (χ1n) is 28.0. The summed E-state index contributed by atoms with van der Waals surface area (Å²) in [5, 5.41) is 30.3. The third-order valence-corrected chi connectivity index (χ3v) is 15.5. The first-order chi connectivity index (χ1) is 43.2. The van der Waals surface area contributed by atoms with Crippen molar-refractivity contribution in [2.24, 2.45) is 0 Å². The number of rotatable bonds is 25. The minimum Gasteiger partial charge on any atom is -0.496 e. The third kappa shape index (κ3) is 20.8. The number of aromatic amines is 3. The summed E-state index contributed by atoms with van der Waals surface area (Å²) < 4.78 is 55.0. The summed E-state index contributed by atoms with van der Waals surface area (Å²) in [5.74, 6) is 3.49. The summed E-state index contributed by atoms with van der Waals surface area (Å²) in [4.78, 5) is 50.1. The lowest BCUT2D eigenvalue weighted by molar-refractivity contribution is -0.137. The molecule has 0 unspecified atom stereocenters. The molecule has 0 aliphatic heterocycles. The van der Waals surface area contributed by atoms with Crippen molar-refractivity contribution in [3.05, 3.63) is 215 Å². The summed E-state index contributed by atoms with van der Waals surface area (Å²) in [5.41, 5.74) is 13.0. The number of aromatic nitrogens is 9. The normalized spacial score (nSPS) is 10.9. The molecule has 19 nitrogen and oxygen atoms in total. The molecule has 460 valence electrons. The number of carbonyl (C=O) groups excluding carboxylic acids is 3. The molecule has 7 aromatic carbocycles. The van der Waals surface area contributed by atoms with Crippen molar-refractivity contribution in [3.8, 4) is 28.4 Å². The zero-order valence-corrected chi connectivity index (χ0v) is 51.1. The third-order valence-electron chi connectivity index (χ3n) is 12.7. The molecule has 10 rings (SSSR count). The van der Waals surface area contributed by atoms with Crippen molar-refractivity contribution in [2.75, 3.05) is 42.0 Å². The Labute approximate surface area is 524 Å². The van der Waals surface area contributed by atoms with Crippen LogP contribution in [-0.2, 0) is 23.4 Å². The highest BCUT2D eigenvalue weighted by Gasteiger charge is 2.30. The molecular formula is C64H64F3N13O6S3. The molecule has 0 spiro atoms. The average Bonchev–Trinajstić information content (AvgIpc) is 4.46. The van der Waals surface area contributed by atoms with Crippen LogP contribution in [0.15, 0.2) is 192 Å². The molecule has 10 aromatic rings. The number of anilines is 4. The van der Waals surface area contributed by atoms with Gasteiger partial charge in [0.25, 0.3) is 17.7 Å². The van der Waals surface area contributed by atoms with Crippen LogP contribution in [-0.4, -0.2) is 83.6 Å². The molecule has 0 saturated heterocycles. The van der Waals surface area contributed by atoms with Crippen LogP contribution >= 0.6 is 35.3 Å². The molecule has 0 fully saturated rings. The van der Waals surface area contributed by atoms with Crippen LogP contribution in [0, 0.1) is 0 Å². The molecule has 0 bridgehead atoms. The zero-order valence-electron chi connectivity index (χ0n) is 48.7. The highest BCUT2D eigenvalue weighted by Crippen LogP contribution is 2.35. The van der Waals surface area contributed by atoms with Gasteiger partial charge in [-0.1, -0.05) is 129 Å². The highest BCUT2D eigenvalue weighted by atomic mass is 32.2. The van der Waals surface area contributed by atoms with Gasteiger partial charge >= 0.3 is 6.18 Å². The Bertz CT molecular complexity index is 3840. The predicted molar refractivity (Wildman–Crippen MR) is 343 cm³/mol. The molecule has 3 aromatic heterocycles. The molecule has 89 heavy (non-hydrogen) atoms. The number of nitrogens with one attached hydrogen (secondary N) is 6. The van der Waals surface area contributed by atoms with Gasteiger partial charge in [0.15, 0.2) is 21.8 Å². The number of alkyl halides is 3. The summed E-state index contributed by atoms with van der Waals surface area (Å²) in [7, 11) is 1.63. The van der Waals surface area contributed by atoms with Crippen LogP contribution < -0.4 is 35.9 Å². The van der Waals surface area contributed by atoms with Gasteiger partial charge in [0.2, 0.25) is 11.1 Å². The largest absolute Gasteiger partial charge is 0.496 e. The Morgan fingerprint density at radius 2 is 1.02 bits per heavy atom. The number of halogens is 3.